The van der Waals surface area contributed by atoms with E-state index in [1.54, 1.807) is 0 Å². The number of fused-ring (bicyclic) bond motifs is 1. The predicted octanol–water partition coefficient (Wildman–Crippen LogP) is 3.02. The summed E-state index contributed by atoms with van der Waals surface area (Å²) >= 11 is 0. The number of esters is 1. The second-order valence-corrected chi connectivity index (χ2v) is 8.91. The Morgan fingerprint density at radius 3 is 2.39 bits per heavy atom. The maximum atomic E-state index is 12.1. The Balaban J connectivity index is 1.67. The van der Waals surface area contributed by atoms with Gasteiger partial charge in [0.25, 0.3) is 0 Å². The highest BCUT2D eigenvalue weighted by Crippen LogP contribution is 2.38. The van der Waals surface area contributed by atoms with Crippen molar-refractivity contribution in [3.63, 3.8) is 0 Å². The van der Waals surface area contributed by atoms with Crippen LogP contribution in [0.15, 0.2) is 0 Å². The third kappa shape index (κ3) is 4.39. The van der Waals surface area contributed by atoms with E-state index in [1.807, 2.05) is 34.6 Å². The van der Waals surface area contributed by atoms with Gasteiger partial charge in [-0.05, 0) is 71.4 Å². The lowest BCUT2D eigenvalue weighted by atomic mass is 10.0. The van der Waals surface area contributed by atoms with Gasteiger partial charge in [0.1, 0.15) is 12.2 Å². The molecule has 1 aromatic rings. The van der Waals surface area contributed by atoms with Crippen molar-refractivity contribution in [3.8, 4) is 5.88 Å². The Hall–Kier alpha value is -2.31. The number of aromatic nitrogens is 1. The van der Waals surface area contributed by atoms with Gasteiger partial charge in [0, 0.05) is 11.3 Å². The van der Waals surface area contributed by atoms with Crippen molar-refractivity contribution >= 4 is 12.1 Å². The summed E-state index contributed by atoms with van der Waals surface area (Å²) < 4.78 is 16.3. The molecule has 0 aromatic carbocycles. The Morgan fingerprint density at radius 2 is 1.82 bits per heavy atom. The molecule has 1 aromatic heterocycles. The van der Waals surface area contributed by atoms with E-state index in [0.717, 1.165) is 35.2 Å². The summed E-state index contributed by atoms with van der Waals surface area (Å²) in [6.45, 7) is 9.77. The highest BCUT2D eigenvalue weighted by molar-refractivity contribution is 5.75. The van der Waals surface area contributed by atoms with Crippen molar-refractivity contribution in [1.82, 2.24) is 10.3 Å². The van der Waals surface area contributed by atoms with E-state index in [1.165, 1.54) is 7.11 Å². The third-order valence-electron chi connectivity index (χ3n) is 5.38. The average Bonchev–Trinajstić information content (AvgIpc) is 3.18. The quantitative estimate of drug-likeness (QED) is 0.778. The van der Waals surface area contributed by atoms with Crippen LogP contribution in [0.5, 0.6) is 5.88 Å². The monoisotopic (exact) mass is 390 g/mol. The first-order valence-electron chi connectivity index (χ1n) is 9.74. The molecule has 0 aliphatic heterocycles. The van der Waals surface area contributed by atoms with E-state index in [2.05, 4.69) is 10.3 Å². The number of carbonyl (C=O) groups excluding carboxylic acids is 2. The zero-order valence-electron chi connectivity index (χ0n) is 17.6. The molecule has 7 heteroatoms. The highest BCUT2D eigenvalue weighted by Gasteiger charge is 2.46. The van der Waals surface area contributed by atoms with Gasteiger partial charge in [-0.3, -0.25) is 4.79 Å². The zero-order valence-corrected chi connectivity index (χ0v) is 17.6. The van der Waals surface area contributed by atoms with Crippen molar-refractivity contribution in [3.05, 3.63) is 22.4 Å². The van der Waals surface area contributed by atoms with Gasteiger partial charge < -0.3 is 19.5 Å². The summed E-state index contributed by atoms with van der Waals surface area (Å²) in [4.78, 5) is 28.6. The smallest absolute Gasteiger partial charge is 0.408 e. The zero-order chi connectivity index (χ0) is 20.7. The molecule has 1 saturated carbocycles. The first-order valence-corrected chi connectivity index (χ1v) is 9.74. The van der Waals surface area contributed by atoms with Gasteiger partial charge in [-0.25, -0.2) is 9.78 Å². The molecule has 7 nitrogen and oxygen atoms in total. The molecular formula is C21H30N2O5. The summed E-state index contributed by atoms with van der Waals surface area (Å²) in [6.07, 6.45) is 2.57. The van der Waals surface area contributed by atoms with Crippen LogP contribution in [-0.2, 0) is 27.1 Å². The molecule has 2 aliphatic rings. The molecular weight excluding hydrogens is 360 g/mol. The lowest BCUT2D eigenvalue weighted by Gasteiger charge is -2.24. The van der Waals surface area contributed by atoms with Crippen LogP contribution in [0.25, 0.3) is 0 Å². The highest BCUT2D eigenvalue weighted by atomic mass is 16.6. The molecule has 3 rings (SSSR count). The average molecular weight is 390 g/mol. The molecule has 1 fully saturated rings. The number of hydrogen-bond acceptors (Lipinski definition) is 6. The molecule has 28 heavy (non-hydrogen) atoms. The molecule has 154 valence electrons. The van der Waals surface area contributed by atoms with Gasteiger partial charge in [0.15, 0.2) is 0 Å². The lowest BCUT2D eigenvalue weighted by Crippen LogP contribution is -2.44. The second kappa shape index (κ2) is 7.26. The summed E-state index contributed by atoms with van der Waals surface area (Å²) in [5.41, 5.74) is 3.16. The Bertz CT molecular complexity index is 793. The minimum atomic E-state index is -0.535. The number of ether oxygens (including phenoxy) is 3. The minimum absolute atomic E-state index is 0.155. The van der Waals surface area contributed by atoms with Gasteiger partial charge >= 0.3 is 12.1 Å². The minimum Gasteiger partial charge on any atom is -0.475 e. The normalized spacial score (nSPS) is 19.6. The number of nitrogens with zero attached hydrogens (tertiary/aromatic N) is 1. The number of aryl methyl sites for hydroxylation is 1. The number of rotatable bonds is 5. The molecule has 0 spiro atoms. The number of pyridine rings is 1. The van der Waals surface area contributed by atoms with Gasteiger partial charge in [-0.1, -0.05) is 0 Å². The van der Waals surface area contributed by atoms with Crippen molar-refractivity contribution in [2.24, 2.45) is 5.92 Å². The lowest BCUT2D eigenvalue weighted by molar-refractivity contribution is -0.145. The molecule has 0 radical (unpaired) electrons. The predicted molar refractivity (Wildman–Crippen MR) is 103 cm³/mol. The van der Waals surface area contributed by atoms with E-state index in [9.17, 15) is 9.59 Å². The molecule has 1 atom stereocenters. The summed E-state index contributed by atoms with van der Waals surface area (Å²) in [6, 6.07) is 0. The molecule has 1 unspecified atom stereocenters. The van der Waals surface area contributed by atoms with Gasteiger partial charge in [-0.2, -0.15) is 0 Å². The van der Waals surface area contributed by atoms with Crippen LogP contribution in [0.2, 0.25) is 0 Å². The fourth-order valence-electron chi connectivity index (χ4n) is 3.65. The van der Waals surface area contributed by atoms with Crippen molar-refractivity contribution in [1.29, 1.82) is 0 Å². The van der Waals surface area contributed by atoms with Gasteiger partial charge in [0.2, 0.25) is 5.88 Å². The Labute approximate surface area is 166 Å². The summed E-state index contributed by atoms with van der Waals surface area (Å²) in [5.74, 6) is 0.230. The number of carbonyl (C=O) groups is 2. The maximum absolute atomic E-state index is 12.1. The number of methoxy groups -OCH3 is 1. The fraction of sp³-hybridized carbons (Fsp3) is 0.667. The summed E-state index contributed by atoms with van der Waals surface area (Å²) in [7, 11) is 1.42. The Morgan fingerprint density at radius 1 is 1.18 bits per heavy atom. The SMILES string of the molecule is COC(=O)C1Cc2c(C)nc(OCC3(NC(=O)OC(C)(C)C)CC3)c(C)c2C1. The first kappa shape index (κ1) is 20.4. The molecule has 2 aliphatic carbocycles. The van der Waals surface area contributed by atoms with Crippen LogP contribution in [0, 0.1) is 19.8 Å². The third-order valence-corrected chi connectivity index (χ3v) is 5.38. The van der Waals surface area contributed by atoms with E-state index in [0.29, 0.717) is 25.3 Å². The molecule has 1 heterocycles. The Kier molecular flexibility index (Phi) is 5.30. The van der Waals surface area contributed by atoms with Crippen molar-refractivity contribution < 1.29 is 23.8 Å². The number of amides is 1. The van der Waals surface area contributed by atoms with E-state index in [-0.39, 0.29) is 11.9 Å². The van der Waals surface area contributed by atoms with E-state index in [4.69, 9.17) is 14.2 Å². The maximum Gasteiger partial charge on any atom is 0.408 e. The topological polar surface area (TPSA) is 86.8 Å². The molecule has 1 N–H and O–H groups in total. The van der Waals surface area contributed by atoms with E-state index >= 15 is 0 Å². The van der Waals surface area contributed by atoms with E-state index < -0.39 is 17.2 Å². The fourth-order valence-corrected chi connectivity index (χ4v) is 3.65. The number of hydrogen-bond donors (Lipinski definition) is 1. The standard InChI is InChI=1S/C21H30N2O5/c1-12-15-9-14(18(24)26-6)10-16(15)13(2)22-17(12)27-11-21(7-8-21)23-19(25)28-20(3,4)5/h14H,7-11H2,1-6H3,(H,23,25). The first-order chi connectivity index (χ1) is 13.0. The number of alkyl carbamates (subject to hydrolysis) is 1. The second-order valence-electron chi connectivity index (χ2n) is 8.91. The molecule has 0 saturated heterocycles. The van der Waals surface area contributed by atoms with Crippen LogP contribution in [-0.4, -0.2) is 41.9 Å². The van der Waals surface area contributed by atoms with Crippen LogP contribution in [0.4, 0.5) is 4.79 Å². The van der Waals surface area contributed by atoms with Crippen LogP contribution < -0.4 is 10.1 Å². The van der Waals surface area contributed by atoms with Crippen molar-refractivity contribution in [2.75, 3.05) is 13.7 Å². The van der Waals surface area contributed by atoms with Crippen LogP contribution in [0.1, 0.15) is 56.0 Å². The largest absolute Gasteiger partial charge is 0.475 e. The van der Waals surface area contributed by atoms with Gasteiger partial charge in [0.05, 0.1) is 18.6 Å². The van der Waals surface area contributed by atoms with Crippen molar-refractivity contribution in [2.45, 2.75) is 71.4 Å². The summed E-state index contributed by atoms with van der Waals surface area (Å²) in [5, 5.41) is 2.94. The van der Waals surface area contributed by atoms with Crippen LogP contribution >= 0.6 is 0 Å². The molecule has 0 bridgehead atoms. The molecule has 1 amide bonds. The van der Waals surface area contributed by atoms with Gasteiger partial charge in [-0.15, -0.1) is 0 Å². The number of nitrogens with one attached hydrogen (secondary N) is 1. The van der Waals surface area contributed by atoms with Crippen LogP contribution in [0.3, 0.4) is 0 Å².